The van der Waals surface area contributed by atoms with Crippen LogP contribution in [0.5, 0.6) is 0 Å². The van der Waals surface area contributed by atoms with Crippen LogP contribution in [0.2, 0.25) is 0 Å². The van der Waals surface area contributed by atoms with E-state index in [-0.39, 0.29) is 21.8 Å². The fourth-order valence-electron chi connectivity index (χ4n) is 3.27. The zero-order chi connectivity index (χ0) is 21.8. The van der Waals surface area contributed by atoms with E-state index in [0.29, 0.717) is 24.2 Å². The van der Waals surface area contributed by atoms with Crippen molar-refractivity contribution in [3.05, 3.63) is 71.2 Å². The molecule has 0 aliphatic carbocycles. The maximum absolute atomic E-state index is 12.6. The van der Waals surface area contributed by atoms with E-state index in [1.165, 1.54) is 41.8 Å². The number of rotatable bonds is 7. The molecule has 1 fully saturated rings. The quantitative estimate of drug-likeness (QED) is 0.567. The van der Waals surface area contributed by atoms with Gasteiger partial charge in [-0.1, -0.05) is 12.1 Å². The lowest BCUT2D eigenvalue weighted by Crippen LogP contribution is -2.24. The third-order valence-electron chi connectivity index (χ3n) is 4.81. The molecular formula is C21H20N4O4S2. The number of nitrogens with zero attached hydrogens (tertiary/aromatic N) is 2. The summed E-state index contributed by atoms with van der Waals surface area (Å²) in [5, 5.41) is 4.73. The summed E-state index contributed by atoms with van der Waals surface area (Å²) in [6.07, 6.45) is 2.95. The number of sulfonamides is 1. The van der Waals surface area contributed by atoms with E-state index < -0.39 is 10.0 Å². The summed E-state index contributed by atoms with van der Waals surface area (Å²) in [6.45, 7) is 1.22. The first-order chi connectivity index (χ1) is 14.9. The Hall–Kier alpha value is -3.24. The second-order valence-electron chi connectivity index (χ2n) is 7.04. The molecule has 8 nitrogen and oxygen atoms in total. The smallest absolute Gasteiger partial charge is 0.263 e. The van der Waals surface area contributed by atoms with Crippen molar-refractivity contribution in [1.82, 2.24) is 9.88 Å². The van der Waals surface area contributed by atoms with E-state index in [2.05, 4.69) is 15.0 Å². The van der Waals surface area contributed by atoms with Crippen LogP contribution in [-0.4, -0.2) is 36.7 Å². The van der Waals surface area contributed by atoms with Crippen molar-refractivity contribution in [2.45, 2.75) is 24.3 Å². The molecule has 0 spiro atoms. The Labute approximate surface area is 184 Å². The molecule has 0 bridgehead atoms. The summed E-state index contributed by atoms with van der Waals surface area (Å²) in [6, 6.07) is 13.0. The Morgan fingerprint density at radius 1 is 1.16 bits per heavy atom. The molecule has 2 amide bonds. The number of aromatic nitrogens is 1. The average molecular weight is 457 g/mol. The number of nitrogens with one attached hydrogen (secondary N) is 2. The number of hydrogen-bond donors (Lipinski definition) is 2. The van der Waals surface area contributed by atoms with Crippen molar-refractivity contribution in [1.29, 1.82) is 0 Å². The van der Waals surface area contributed by atoms with Crippen molar-refractivity contribution in [3.63, 3.8) is 0 Å². The fourth-order valence-corrected chi connectivity index (χ4v) is 5.06. The van der Waals surface area contributed by atoms with Crippen LogP contribution in [0.4, 0.5) is 10.8 Å². The van der Waals surface area contributed by atoms with Crippen molar-refractivity contribution in [2.24, 2.45) is 0 Å². The number of likely N-dealkylation sites (tertiary alicyclic amines) is 1. The fraction of sp³-hybridized carbons (Fsp3) is 0.190. The van der Waals surface area contributed by atoms with Crippen LogP contribution in [-0.2, 0) is 21.4 Å². The Morgan fingerprint density at radius 2 is 1.97 bits per heavy atom. The molecule has 31 heavy (non-hydrogen) atoms. The lowest BCUT2D eigenvalue weighted by Gasteiger charge is -2.16. The van der Waals surface area contributed by atoms with Gasteiger partial charge in [0, 0.05) is 42.3 Å². The first-order valence-electron chi connectivity index (χ1n) is 9.61. The zero-order valence-electron chi connectivity index (χ0n) is 16.4. The topological polar surface area (TPSA) is 108 Å². The van der Waals surface area contributed by atoms with Gasteiger partial charge in [-0.05, 0) is 48.4 Å². The third-order valence-corrected chi connectivity index (χ3v) is 6.98. The zero-order valence-corrected chi connectivity index (χ0v) is 18.1. The molecule has 160 valence electrons. The van der Waals surface area contributed by atoms with E-state index in [0.717, 1.165) is 18.5 Å². The molecule has 10 heteroatoms. The summed E-state index contributed by atoms with van der Waals surface area (Å²) < 4.78 is 27.2. The average Bonchev–Trinajstić information content (AvgIpc) is 3.40. The normalized spacial score (nSPS) is 13.9. The van der Waals surface area contributed by atoms with Gasteiger partial charge in [-0.25, -0.2) is 13.4 Å². The van der Waals surface area contributed by atoms with Gasteiger partial charge in [0.25, 0.3) is 15.9 Å². The third kappa shape index (κ3) is 5.09. The standard InChI is InChI=1S/C21H20N4O4S2/c26-19-5-2-11-25(19)14-15-3-1-4-16(13-15)20(27)23-17-6-8-18(9-7-17)31(28,29)24-21-22-10-12-30-21/h1,3-4,6-10,12-13H,2,5,11,14H2,(H,22,24)(H,23,27). The van der Waals surface area contributed by atoms with Gasteiger partial charge < -0.3 is 10.2 Å². The molecule has 0 atom stereocenters. The highest BCUT2D eigenvalue weighted by atomic mass is 32.2. The first-order valence-corrected chi connectivity index (χ1v) is 12.0. The molecule has 0 radical (unpaired) electrons. The van der Waals surface area contributed by atoms with Gasteiger partial charge in [0.05, 0.1) is 4.90 Å². The number of thiazole rings is 1. The molecule has 1 aliphatic heterocycles. The molecule has 0 unspecified atom stereocenters. The van der Waals surface area contributed by atoms with Gasteiger partial charge in [-0.2, -0.15) is 0 Å². The minimum atomic E-state index is -3.75. The van der Waals surface area contributed by atoms with Gasteiger partial charge >= 0.3 is 0 Å². The number of anilines is 2. The van der Waals surface area contributed by atoms with E-state index in [1.54, 1.807) is 28.5 Å². The molecule has 3 aromatic rings. The van der Waals surface area contributed by atoms with Crippen LogP contribution in [0, 0.1) is 0 Å². The van der Waals surface area contributed by atoms with Crippen molar-refractivity contribution in [2.75, 3.05) is 16.6 Å². The van der Waals surface area contributed by atoms with E-state index in [4.69, 9.17) is 0 Å². The number of carbonyl (C=O) groups excluding carboxylic acids is 2. The van der Waals surface area contributed by atoms with Gasteiger partial charge in [-0.15, -0.1) is 11.3 Å². The summed E-state index contributed by atoms with van der Waals surface area (Å²) >= 11 is 1.18. The Balaban J connectivity index is 1.42. The number of amides is 2. The lowest BCUT2D eigenvalue weighted by atomic mass is 10.1. The van der Waals surface area contributed by atoms with Gasteiger partial charge in [0.2, 0.25) is 5.91 Å². The largest absolute Gasteiger partial charge is 0.338 e. The van der Waals surface area contributed by atoms with Gasteiger partial charge in [0.15, 0.2) is 5.13 Å². The second kappa shape index (κ2) is 8.86. The van der Waals surface area contributed by atoms with Crippen molar-refractivity contribution < 1.29 is 18.0 Å². The van der Waals surface area contributed by atoms with Crippen LogP contribution < -0.4 is 10.0 Å². The molecule has 1 aromatic heterocycles. The van der Waals surface area contributed by atoms with Gasteiger partial charge in [-0.3, -0.25) is 14.3 Å². The lowest BCUT2D eigenvalue weighted by molar-refractivity contribution is -0.128. The predicted molar refractivity (Wildman–Crippen MR) is 118 cm³/mol. The van der Waals surface area contributed by atoms with Crippen LogP contribution in [0.1, 0.15) is 28.8 Å². The molecule has 2 heterocycles. The minimum Gasteiger partial charge on any atom is -0.338 e. The second-order valence-corrected chi connectivity index (χ2v) is 9.62. The van der Waals surface area contributed by atoms with E-state index >= 15 is 0 Å². The van der Waals surface area contributed by atoms with Crippen LogP contribution >= 0.6 is 11.3 Å². The minimum absolute atomic E-state index is 0.0676. The highest BCUT2D eigenvalue weighted by molar-refractivity contribution is 7.93. The Kier molecular flexibility index (Phi) is 6.01. The molecule has 1 saturated heterocycles. The molecule has 2 N–H and O–H groups in total. The summed E-state index contributed by atoms with van der Waals surface area (Å²) in [5.74, 6) is -0.180. The highest BCUT2D eigenvalue weighted by Gasteiger charge is 2.20. The van der Waals surface area contributed by atoms with Crippen molar-refractivity contribution >= 4 is 44.0 Å². The molecular weight excluding hydrogens is 436 g/mol. The molecule has 1 aliphatic rings. The first kappa shape index (κ1) is 21.0. The number of benzene rings is 2. The molecule has 2 aromatic carbocycles. The maximum atomic E-state index is 12.6. The monoisotopic (exact) mass is 456 g/mol. The van der Waals surface area contributed by atoms with E-state index in [1.807, 2.05) is 6.07 Å². The molecule has 4 rings (SSSR count). The number of carbonyl (C=O) groups is 2. The van der Waals surface area contributed by atoms with Crippen LogP contribution in [0.25, 0.3) is 0 Å². The van der Waals surface area contributed by atoms with Crippen LogP contribution in [0.15, 0.2) is 65.0 Å². The maximum Gasteiger partial charge on any atom is 0.263 e. The molecule has 0 saturated carbocycles. The summed E-state index contributed by atoms with van der Waals surface area (Å²) in [7, 11) is -3.75. The SMILES string of the molecule is O=C(Nc1ccc(S(=O)(=O)Nc2nccs2)cc1)c1cccc(CN2CCCC2=O)c1. The van der Waals surface area contributed by atoms with Gasteiger partial charge in [0.1, 0.15) is 0 Å². The Bertz CT molecular complexity index is 1190. The van der Waals surface area contributed by atoms with Crippen LogP contribution in [0.3, 0.4) is 0 Å². The summed E-state index contributed by atoms with van der Waals surface area (Å²) in [5.41, 5.74) is 1.82. The highest BCUT2D eigenvalue weighted by Crippen LogP contribution is 2.20. The summed E-state index contributed by atoms with van der Waals surface area (Å²) in [4.78, 5) is 30.2. The predicted octanol–water partition coefficient (Wildman–Crippen LogP) is 3.32. The Morgan fingerprint density at radius 3 is 2.65 bits per heavy atom. The van der Waals surface area contributed by atoms with E-state index in [9.17, 15) is 18.0 Å². The number of hydrogen-bond acceptors (Lipinski definition) is 6. The van der Waals surface area contributed by atoms with Crippen molar-refractivity contribution in [3.8, 4) is 0 Å².